The van der Waals surface area contributed by atoms with Crippen LogP contribution in [0, 0.1) is 5.41 Å². The summed E-state index contributed by atoms with van der Waals surface area (Å²) in [4.78, 5) is 14.1. The summed E-state index contributed by atoms with van der Waals surface area (Å²) < 4.78 is 5.10. The lowest BCUT2D eigenvalue weighted by Crippen LogP contribution is -2.56. The van der Waals surface area contributed by atoms with E-state index in [0.29, 0.717) is 13.2 Å². The van der Waals surface area contributed by atoms with E-state index in [1.165, 1.54) is 17.5 Å². The maximum atomic E-state index is 12.5. The summed E-state index contributed by atoms with van der Waals surface area (Å²) in [7, 11) is 1.77. The number of aryl methyl sites for hydroxylation is 2. The molecule has 1 aliphatic carbocycles. The number of carbonyl (C=O) groups excluding carboxylic acids is 1. The second-order valence-corrected chi connectivity index (χ2v) is 5.60. The van der Waals surface area contributed by atoms with Crippen LogP contribution in [0.3, 0.4) is 0 Å². The predicted molar refractivity (Wildman–Crippen MR) is 72.2 cm³/mol. The highest BCUT2D eigenvalue weighted by Gasteiger charge is 2.47. The van der Waals surface area contributed by atoms with Crippen LogP contribution in [0.4, 0.5) is 5.69 Å². The topological polar surface area (TPSA) is 49.8 Å². The molecule has 0 saturated carbocycles. The number of hydrogen-bond acceptors (Lipinski definition) is 3. The summed E-state index contributed by atoms with van der Waals surface area (Å²) in [6, 6.07) is 6.21. The van der Waals surface area contributed by atoms with Crippen molar-refractivity contribution >= 4 is 11.6 Å². The van der Waals surface area contributed by atoms with Crippen LogP contribution in [0.15, 0.2) is 18.2 Å². The average Bonchev–Trinajstić information content (AvgIpc) is 2.84. The summed E-state index contributed by atoms with van der Waals surface area (Å²) in [6.45, 7) is 0.482. The van der Waals surface area contributed by atoms with Gasteiger partial charge in [-0.25, -0.2) is 0 Å². The standard InChI is InChI=1S/C15H19NO3/c1-16(14(18)15(8-17)9-19-10-15)13-6-5-11-3-2-4-12(11)7-13/h5-7,17H,2-4,8-10H2,1H3. The number of hydrogen-bond donors (Lipinski definition) is 1. The monoisotopic (exact) mass is 261 g/mol. The van der Waals surface area contributed by atoms with Gasteiger partial charge in [-0.1, -0.05) is 6.07 Å². The molecule has 1 aromatic carbocycles. The molecule has 1 aliphatic heterocycles. The summed E-state index contributed by atoms with van der Waals surface area (Å²) in [5, 5.41) is 9.43. The normalized spacial score (nSPS) is 19.7. The van der Waals surface area contributed by atoms with Crippen molar-refractivity contribution in [3.05, 3.63) is 29.3 Å². The van der Waals surface area contributed by atoms with Gasteiger partial charge in [0, 0.05) is 12.7 Å². The van der Waals surface area contributed by atoms with Gasteiger partial charge in [-0.2, -0.15) is 0 Å². The SMILES string of the molecule is CN(C(=O)C1(CO)COC1)c1ccc2c(c1)CCC2. The molecule has 102 valence electrons. The number of ether oxygens (including phenoxy) is 1. The number of amides is 1. The van der Waals surface area contributed by atoms with Crippen molar-refractivity contribution in [3.8, 4) is 0 Å². The Balaban J connectivity index is 1.83. The Kier molecular flexibility index (Phi) is 3.07. The molecule has 3 rings (SSSR count). The summed E-state index contributed by atoms with van der Waals surface area (Å²) in [5.74, 6) is -0.0563. The zero-order valence-electron chi connectivity index (χ0n) is 11.2. The van der Waals surface area contributed by atoms with E-state index in [9.17, 15) is 9.90 Å². The van der Waals surface area contributed by atoms with Crippen LogP contribution in [0.25, 0.3) is 0 Å². The van der Waals surface area contributed by atoms with E-state index in [4.69, 9.17) is 4.74 Å². The maximum Gasteiger partial charge on any atom is 0.239 e. The minimum Gasteiger partial charge on any atom is -0.395 e. The molecule has 2 aliphatic rings. The fourth-order valence-corrected chi connectivity index (χ4v) is 2.87. The molecule has 19 heavy (non-hydrogen) atoms. The Morgan fingerprint density at radius 2 is 2.11 bits per heavy atom. The van der Waals surface area contributed by atoms with Gasteiger partial charge >= 0.3 is 0 Å². The van der Waals surface area contributed by atoms with Crippen LogP contribution in [0.5, 0.6) is 0 Å². The molecule has 1 heterocycles. The van der Waals surface area contributed by atoms with Gasteiger partial charge in [0.15, 0.2) is 0 Å². The fourth-order valence-electron chi connectivity index (χ4n) is 2.87. The summed E-state index contributed by atoms with van der Waals surface area (Å²) >= 11 is 0. The largest absolute Gasteiger partial charge is 0.395 e. The molecule has 0 spiro atoms. The van der Waals surface area contributed by atoms with Crippen molar-refractivity contribution in [2.24, 2.45) is 5.41 Å². The summed E-state index contributed by atoms with van der Waals surface area (Å²) in [6.07, 6.45) is 3.44. The molecule has 0 radical (unpaired) electrons. The van der Waals surface area contributed by atoms with Crippen molar-refractivity contribution in [3.63, 3.8) is 0 Å². The minimum absolute atomic E-state index is 0.0563. The predicted octanol–water partition coefficient (Wildman–Crippen LogP) is 1.15. The van der Waals surface area contributed by atoms with Gasteiger partial charge in [-0.05, 0) is 42.5 Å². The first-order chi connectivity index (χ1) is 9.16. The summed E-state index contributed by atoms with van der Waals surface area (Å²) in [5.41, 5.74) is 2.92. The zero-order chi connectivity index (χ0) is 13.5. The number of aliphatic hydroxyl groups excluding tert-OH is 1. The lowest BCUT2D eigenvalue weighted by Gasteiger charge is -2.40. The smallest absolute Gasteiger partial charge is 0.239 e. The van der Waals surface area contributed by atoms with E-state index in [0.717, 1.165) is 18.5 Å². The molecule has 4 heteroatoms. The number of benzene rings is 1. The highest BCUT2D eigenvalue weighted by molar-refractivity contribution is 5.98. The van der Waals surface area contributed by atoms with Gasteiger partial charge in [-0.15, -0.1) is 0 Å². The van der Waals surface area contributed by atoms with Crippen LogP contribution >= 0.6 is 0 Å². The highest BCUT2D eigenvalue weighted by atomic mass is 16.5. The van der Waals surface area contributed by atoms with E-state index >= 15 is 0 Å². The van der Waals surface area contributed by atoms with Crippen LogP contribution in [-0.4, -0.2) is 37.9 Å². The Morgan fingerprint density at radius 1 is 1.37 bits per heavy atom. The average molecular weight is 261 g/mol. The third-order valence-electron chi connectivity index (χ3n) is 4.29. The molecule has 4 nitrogen and oxygen atoms in total. The Hall–Kier alpha value is -1.39. The van der Waals surface area contributed by atoms with Gasteiger partial charge in [0.25, 0.3) is 0 Å². The quantitative estimate of drug-likeness (QED) is 0.888. The minimum atomic E-state index is -0.728. The maximum absolute atomic E-state index is 12.5. The third-order valence-corrected chi connectivity index (χ3v) is 4.29. The highest BCUT2D eigenvalue weighted by Crippen LogP contribution is 2.32. The van der Waals surface area contributed by atoms with E-state index in [2.05, 4.69) is 12.1 Å². The third kappa shape index (κ3) is 1.95. The van der Waals surface area contributed by atoms with E-state index in [1.54, 1.807) is 11.9 Å². The van der Waals surface area contributed by atoms with Gasteiger partial charge in [0.1, 0.15) is 5.41 Å². The molecule has 1 fully saturated rings. The van der Waals surface area contributed by atoms with Crippen molar-refractivity contribution in [2.45, 2.75) is 19.3 Å². The van der Waals surface area contributed by atoms with E-state index in [-0.39, 0.29) is 12.5 Å². The first-order valence-corrected chi connectivity index (χ1v) is 6.75. The van der Waals surface area contributed by atoms with E-state index < -0.39 is 5.41 Å². The number of rotatable bonds is 3. The molecule has 1 saturated heterocycles. The van der Waals surface area contributed by atoms with Crippen LogP contribution in [0.1, 0.15) is 17.5 Å². The van der Waals surface area contributed by atoms with Gasteiger partial charge in [0.2, 0.25) is 5.91 Å². The molecule has 1 amide bonds. The van der Waals surface area contributed by atoms with Crippen LogP contribution in [-0.2, 0) is 22.4 Å². The number of aliphatic hydroxyl groups is 1. The molecular weight excluding hydrogens is 242 g/mol. The molecule has 0 aromatic heterocycles. The number of carbonyl (C=O) groups is 1. The van der Waals surface area contributed by atoms with Gasteiger partial charge < -0.3 is 14.7 Å². The lowest BCUT2D eigenvalue weighted by atomic mass is 9.85. The lowest BCUT2D eigenvalue weighted by molar-refractivity contribution is -0.166. The van der Waals surface area contributed by atoms with Crippen molar-refractivity contribution in [2.75, 3.05) is 31.8 Å². The fraction of sp³-hybridized carbons (Fsp3) is 0.533. The molecular formula is C15H19NO3. The zero-order valence-corrected chi connectivity index (χ0v) is 11.2. The number of nitrogens with zero attached hydrogens (tertiary/aromatic N) is 1. The van der Waals surface area contributed by atoms with Crippen molar-refractivity contribution in [1.82, 2.24) is 0 Å². The van der Waals surface area contributed by atoms with Crippen molar-refractivity contribution in [1.29, 1.82) is 0 Å². The molecule has 1 aromatic rings. The number of fused-ring (bicyclic) bond motifs is 1. The molecule has 0 bridgehead atoms. The Morgan fingerprint density at radius 3 is 2.74 bits per heavy atom. The first-order valence-electron chi connectivity index (χ1n) is 6.75. The Labute approximate surface area is 113 Å². The Bertz CT molecular complexity index is 503. The van der Waals surface area contributed by atoms with Crippen molar-refractivity contribution < 1.29 is 14.6 Å². The van der Waals surface area contributed by atoms with Gasteiger partial charge in [0.05, 0.1) is 19.8 Å². The first kappa shape index (κ1) is 12.6. The van der Waals surface area contributed by atoms with Crippen LogP contribution < -0.4 is 4.90 Å². The second-order valence-electron chi connectivity index (χ2n) is 5.60. The molecule has 0 atom stereocenters. The number of anilines is 1. The molecule has 0 unspecified atom stereocenters. The van der Waals surface area contributed by atoms with Gasteiger partial charge in [-0.3, -0.25) is 4.79 Å². The second kappa shape index (κ2) is 4.62. The van der Waals surface area contributed by atoms with E-state index in [1.807, 2.05) is 6.07 Å². The van der Waals surface area contributed by atoms with Crippen LogP contribution in [0.2, 0.25) is 0 Å². The molecule has 1 N–H and O–H groups in total.